The van der Waals surface area contributed by atoms with Gasteiger partial charge in [-0.15, -0.1) is 0 Å². The van der Waals surface area contributed by atoms with E-state index in [9.17, 15) is 30.0 Å². The molecule has 11 heteroatoms. The molecule has 0 radical (unpaired) electrons. The van der Waals surface area contributed by atoms with Crippen molar-refractivity contribution in [3.8, 4) is 0 Å². The minimum Gasteiger partial charge on any atom is -0.398 e. The Kier molecular flexibility index (Phi) is 4.64. The number of hydrogen-bond acceptors (Lipinski definition) is 5. The molecule has 0 aromatic heterocycles. The van der Waals surface area contributed by atoms with E-state index in [2.05, 4.69) is 0 Å². The van der Waals surface area contributed by atoms with Gasteiger partial charge in [0.25, 0.3) is 0 Å². The second-order valence-corrected chi connectivity index (χ2v) is 9.33. The van der Waals surface area contributed by atoms with E-state index in [0.29, 0.717) is 11.5 Å². The molecule has 0 fully saturated rings. The van der Waals surface area contributed by atoms with Gasteiger partial charge >= 0.3 is 6.18 Å². The van der Waals surface area contributed by atoms with E-state index in [4.69, 9.17) is 10.9 Å². The summed E-state index contributed by atoms with van der Waals surface area (Å²) in [6, 6.07) is 10.4. The molecule has 0 heterocycles. The summed E-state index contributed by atoms with van der Waals surface area (Å²) < 4.78 is 89.7. The lowest BCUT2D eigenvalue weighted by Crippen LogP contribution is -2.18. The highest BCUT2D eigenvalue weighted by Crippen LogP contribution is 2.38. The second-order valence-electron chi connectivity index (χ2n) is 5.91. The Bertz CT molecular complexity index is 1300. The summed E-state index contributed by atoms with van der Waals surface area (Å²) in [6.45, 7) is 0. The third-order valence-corrected chi connectivity index (χ3v) is 6.99. The number of hydrogen-bond donors (Lipinski definition) is 2. The Morgan fingerprint density at radius 3 is 2.11 bits per heavy atom. The normalized spacial score (nSPS) is 13.0. The number of primary sulfonamides is 1. The first kappa shape index (κ1) is 20.1. The topological polar surface area (TPSA) is 120 Å². The lowest BCUT2D eigenvalue weighted by atomic mass is 10.1. The lowest BCUT2D eigenvalue weighted by molar-refractivity contribution is -0.137. The van der Waals surface area contributed by atoms with Crippen molar-refractivity contribution in [2.45, 2.75) is 20.9 Å². The number of nitrogens with two attached hydrogens (primary N) is 2. The van der Waals surface area contributed by atoms with E-state index in [1.807, 2.05) is 0 Å². The van der Waals surface area contributed by atoms with Gasteiger partial charge in [-0.1, -0.05) is 30.3 Å². The van der Waals surface area contributed by atoms with Gasteiger partial charge in [0.1, 0.15) is 4.90 Å². The number of sulfonamides is 1. The Labute approximate surface area is 158 Å². The highest BCUT2D eigenvalue weighted by molar-refractivity contribution is 7.93. The van der Waals surface area contributed by atoms with Gasteiger partial charge in [0.05, 0.1) is 15.4 Å². The lowest BCUT2D eigenvalue weighted by Gasteiger charge is -2.15. The van der Waals surface area contributed by atoms with Crippen molar-refractivity contribution < 1.29 is 30.0 Å². The Morgan fingerprint density at radius 1 is 0.857 bits per heavy atom. The fraction of sp³-hybridized carbons (Fsp3) is 0.0588. The van der Waals surface area contributed by atoms with E-state index < -0.39 is 52.0 Å². The van der Waals surface area contributed by atoms with Crippen LogP contribution < -0.4 is 10.9 Å². The highest BCUT2D eigenvalue weighted by Gasteiger charge is 2.36. The van der Waals surface area contributed by atoms with Gasteiger partial charge < -0.3 is 5.73 Å². The van der Waals surface area contributed by atoms with Crippen LogP contribution in [0, 0.1) is 0 Å². The van der Waals surface area contributed by atoms with Crippen LogP contribution in [0.15, 0.2) is 69.3 Å². The number of alkyl halides is 3. The van der Waals surface area contributed by atoms with Crippen LogP contribution in [0.2, 0.25) is 0 Å². The first-order valence-electron chi connectivity index (χ1n) is 7.60. The summed E-state index contributed by atoms with van der Waals surface area (Å²) >= 11 is 0. The molecular formula is C17H13F3N2O4S2. The molecular weight excluding hydrogens is 417 g/mol. The molecule has 0 saturated heterocycles. The standard InChI is InChI=1S/C17H13F3N2O4S2/c18-17(19,20)13-9-11(6-7-14(13)21)27(23,24)16-12-4-2-1-3-10(12)5-8-15(16)28(22,25)26/h1-9H,21H2,(H2,22,25,26). The minimum atomic E-state index is -4.89. The molecule has 148 valence electrons. The molecule has 0 aliphatic rings. The van der Waals surface area contributed by atoms with E-state index in [-0.39, 0.29) is 5.39 Å². The highest BCUT2D eigenvalue weighted by atomic mass is 32.2. The van der Waals surface area contributed by atoms with Gasteiger partial charge in [0.15, 0.2) is 0 Å². The fourth-order valence-electron chi connectivity index (χ4n) is 2.79. The molecule has 0 spiro atoms. The fourth-order valence-corrected chi connectivity index (χ4v) is 5.66. The van der Waals surface area contributed by atoms with Crippen molar-refractivity contribution in [3.05, 3.63) is 60.2 Å². The van der Waals surface area contributed by atoms with Crippen LogP contribution in [0.5, 0.6) is 0 Å². The van der Waals surface area contributed by atoms with Gasteiger partial charge in [-0.05, 0) is 29.7 Å². The monoisotopic (exact) mass is 430 g/mol. The molecule has 0 aliphatic heterocycles. The van der Waals surface area contributed by atoms with E-state index in [1.54, 1.807) is 6.07 Å². The van der Waals surface area contributed by atoms with Crippen molar-refractivity contribution in [2.24, 2.45) is 5.14 Å². The third kappa shape index (κ3) is 3.43. The number of fused-ring (bicyclic) bond motifs is 1. The Balaban J connectivity index is 2.42. The zero-order valence-electron chi connectivity index (χ0n) is 13.9. The number of anilines is 1. The van der Waals surface area contributed by atoms with E-state index >= 15 is 0 Å². The number of halogens is 3. The minimum absolute atomic E-state index is 0.0133. The molecule has 28 heavy (non-hydrogen) atoms. The molecule has 0 bridgehead atoms. The van der Waals surface area contributed by atoms with Gasteiger partial charge in [0, 0.05) is 11.1 Å². The number of benzene rings is 3. The van der Waals surface area contributed by atoms with E-state index in [1.165, 1.54) is 24.3 Å². The molecule has 0 saturated carbocycles. The zero-order valence-corrected chi connectivity index (χ0v) is 15.6. The van der Waals surface area contributed by atoms with Crippen molar-refractivity contribution in [2.75, 3.05) is 5.73 Å². The average Bonchev–Trinajstić information content (AvgIpc) is 2.59. The van der Waals surface area contributed by atoms with Crippen LogP contribution in [-0.4, -0.2) is 16.8 Å². The first-order chi connectivity index (χ1) is 12.8. The SMILES string of the molecule is Nc1ccc(S(=O)(=O)c2c(S(N)(=O)=O)ccc3ccccc23)cc1C(F)(F)F. The van der Waals surface area contributed by atoms with Gasteiger partial charge in [-0.2, -0.15) is 13.2 Å². The second kappa shape index (κ2) is 6.47. The van der Waals surface area contributed by atoms with Crippen LogP contribution in [0.3, 0.4) is 0 Å². The molecule has 0 amide bonds. The quantitative estimate of drug-likeness (QED) is 0.619. The molecule has 3 aromatic carbocycles. The predicted molar refractivity (Wildman–Crippen MR) is 96.6 cm³/mol. The van der Waals surface area contributed by atoms with Crippen LogP contribution in [0.25, 0.3) is 10.8 Å². The summed E-state index contributed by atoms with van der Waals surface area (Å²) in [7, 11) is -9.18. The number of nitrogen functional groups attached to an aromatic ring is 1. The zero-order chi connectivity index (χ0) is 20.9. The molecule has 3 aromatic rings. The van der Waals surface area contributed by atoms with Crippen LogP contribution in [-0.2, 0) is 26.0 Å². The third-order valence-electron chi connectivity index (χ3n) is 4.06. The maximum absolute atomic E-state index is 13.2. The number of rotatable bonds is 3. The van der Waals surface area contributed by atoms with Crippen molar-refractivity contribution in [1.82, 2.24) is 0 Å². The van der Waals surface area contributed by atoms with Gasteiger partial charge in [0.2, 0.25) is 19.9 Å². The molecule has 0 unspecified atom stereocenters. The summed E-state index contributed by atoms with van der Waals surface area (Å²) in [5.41, 5.74) is 3.32. The van der Waals surface area contributed by atoms with Crippen molar-refractivity contribution in [1.29, 1.82) is 0 Å². The van der Waals surface area contributed by atoms with Gasteiger partial charge in [-0.3, -0.25) is 0 Å². The summed E-state index contributed by atoms with van der Waals surface area (Å²) in [5.74, 6) is 0. The predicted octanol–water partition coefficient (Wildman–Crippen LogP) is 2.92. The van der Waals surface area contributed by atoms with Crippen LogP contribution >= 0.6 is 0 Å². The Morgan fingerprint density at radius 2 is 1.50 bits per heavy atom. The maximum Gasteiger partial charge on any atom is 0.418 e. The maximum atomic E-state index is 13.2. The van der Waals surface area contributed by atoms with Gasteiger partial charge in [-0.25, -0.2) is 22.0 Å². The first-order valence-corrected chi connectivity index (χ1v) is 10.6. The smallest absolute Gasteiger partial charge is 0.398 e. The van der Waals surface area contributed by atoms with E-state index in [0.717, 1.165) is 18.2 Å². The summed E-state index contributed by atoms with van der Waals surface area (Å²) in [5, 5.41) is 5.54. The average molecular weight is 430 g/mol. The molecule has 3 rings (SSSR count). The van der Waals surface area contributed by atoms with Crippen molar-refractivity contribution in [3.63, 3.8) is 0 Å². The molecule has 4 N–H and O–H groups in total. The number of sulfone groups is 1. The molecule has 0 atom stereocenters. The molecule has 0 aliphatic carbocycles. The van der Waals surface area contributed by atoms with Crippen molar-refractivity contribution >= 4 is 36.3 Å². The molecule has 6 nitrogen and oxygen atoms in total. The van der Waals surface area contributed by atoms with Crippen LogP contribution in [0.1, 0.15) is 5.56 Å². The van der Waals surface area contributed by atoms with Crippen LogP contribution in [0.4, 0.5) is 18.9 Å². The summed E-state index contributed by atoms with van der Waals surface area (Å²) in [4.78, 5) is -2.15. The Hall–Kier alpha value is -2.63. The summed E-state index contributed by atoms with van der Waals surface area (Å²) in [6.07, 6.45) is -4.89. The largest absolute Gasteiger partial charge is 0.418 e.